The van der Waals surface area contributed by atoms with Crippen LogP contribution in [0.15, 0.2) is 215 Å². The van der Waals surface area contributed by atoms with Crippen LogP contribution in [0.3, 0.4) is 0 Å². The van der Waals surface area contributed by atoms with Gasteiger partial charge < -0.3 is 29.0 Å². The lowest BCUT2D eigenvalue weighted by molar-refractivity contribution is -0.328. The lowest BCUT2D eigenvalue weighted by Crippen LogP contribution is -3.34. The average Bonchev–Trinajstić information content (AvgIpc) is 1.06. The van der Waals surface area contributed by atoms with E-state index in [9.17, 15) is 53.3 Å². The number of benzene rings is 9. The summed E-state index contributed by atoms with van der Waals surface area (Å²) in [6.45, 7) is 53.9. The van der Waals surface area contributed by atoms with Gasteiger partial charge in [-0.05, 0) is 332 Å². The Kier molecular flexibility index (Phi) is 54.2. The summed E-state index contributed by atoms with van der Waals surface area (Å²) in [5, 5.41) is 18.8. The monoisotopic (exact) mass is 2070 g/mol. The Morgan fingerprint density at radius 2 is 0.757 bits per heavy atom. The number of rotatable bonds is 23. The normalized spacial score (nSPS) is 14.5. The third-order valence-electron chi connectivity index (χ3n) is 25.6. The Labute approximate surface area is 839 Å². The summed E-state index contributed by atoms with van der Waals surface area (Å²) in [6.07, 6.45) is 18.9. The molecule has 754 valence electrons. The van der Waals surface area contributed by atoms with Crippen LogP contribution >= 0.6 is 11.6 Å². The van der Waals surface area contributed by atoms with Crippen LogP contribution in [-0.4, -0.2) is 65.3 Å². The van der Waals surface area contributed by atoms with Crippen LogP contribution in [0.5, 0.6) is 17.2 Å². The molecule has 0 bridgehead atoms. The van der Waals surface area contributed by atoms with Crippen LogP contribution in [0.25, 0.3) is 0 Å². The van der Waals surface area contributed by atoms with E-state index in [4.69, 9.17) is 35.8 Å². The highest BCUT2D eigenvalue weighted by Gasteiger charge is 2.41. The molecular weight excluding hydrogens is 1920 g/mol. The molecule has 0 aromatic heterocycles. The number of carbonyl (C=O) groups excluding carboxylic acids is 3. The van der Waals surface area contributed by atoms with Crippen LogP contribution in [0, 0.1) is 37.7 Å². The van der Waals surface area contributed by atoms with E-state index >= 15 is 0 Å². The fourth-order valence-corrected chi connectivity index (χ4v) is 15.2. The van der Waals surface area contributed by atoms with Crippen molar-refractivity contribution in [2.45, 2.75) is 368 Å². The first kappa shape index (κ1) is 124. The van der Waals surface area contributed by atoms with Crippen molar-refractivity contribution in [2.24, 2.45) is 10.8 Å². The predicted octanol–water partition coefficient (Wildman–Crippen LogP) is 28.4. The second-order valence-corrected chi connectivity index (χ2v) is 44.1. The minimum absolute atomic E-state index is 0.0197. The first-order valence-corrected chi connectivity index (χ1v) is 52.9. The lowest BCUT2D eigenvalue weighted by Gasteiger charge is -2.33. The average molecular weight is 2080 g/mol. The molecule has 0 saturated heterocycles. The highest BCUT2D eigenvalue weighted by molar-refractivity contribution is 7.86. The standard InChI is InChI=1S/C18H26O2.C13H24O2.C12H12F4O5S.C10H13Cl.C10H14I.C10H14O3S.2C10H14O.C10H14S.C10H14/c1-4-14(2)15-8-10-16(11-9-15)17(19)20-18(3)12-6-5-7-13-18;1-5-12(3,4)11(14)15-13(6-2)9-7-8-10-13;1-4-12(2,3)11(17)21-9-5(13)7(15)10(22(18,19)20)8(16)6(9)14;1-3-8(2)9-4-6-10(11)7-5-9;1-10(2,3)8-4-6-9(11)7-5-8;1-3-8(2)9-4-6-10(7-5-9)14(11,12)13;2*1-3-8(2)9-4-6-10(11)7-5-9;1-10(2,3)8-4-6-9(11)7-5-8;1-3-9(2)10-7-5-4-6-8-10/h8-11,14H,4-7,12-13H2,1-3H3;5-10H2,1-4H3;4H2,1-3H3,(H,18,19,20);4-8H,3H2,1-2H3;4-7,11H,1-3H3;4-8H,3H2,1-2H3,(H,11,12,13);2*4-8,11H,3H2,1-2H3;4-7,11H,1-3H3;4-9H,3H2,1-2H3/q;;;;+1;;;;;. The van der Waals surface area contributed by atoms with Gasteiger partial charge in [0, 0.05) is 5.02 Å². The minimum atomic E-state index is -5.56. The Morgan fingerprint density at radius 3 is 1.08 bits per heavy atom. The summed E-state index contributed by atoms with van der Waals surface area (Å²) >= 11 is 11.3. The summed E-state index contributed by atoms with van der Waals surface area (Å²) < 4.78 is 133. The molecule has 136 heavy (non-hydrogen) atoms. The van der Waals surface area contributed by atoms with Crippen molar-refractivity contribution in [1.29, 1.82) is 0 Å². The molecule has 0 aliphatic heterocycles. The second-order valence-electron chi connectivity index (χ2n) is 39.0. The van der Waals surface area contributed by atoms with E-state index in [0.29, 0.717) is 52.6 Å². The maximum Gasteiger partial charge on any atom is 0.338 e. The highest BCUT2D eigenvalue weighted by atomic mass is 127. The molecule has 9 aromatic carbocycles. The number of ether oxygens (including phenoxy) is 3. The molecule has 14 nitrogen and oxygen atoms in total. The van der Waals surface area contributed by atoms with E-state index in [1.807, 2.05) is 104 Å². The molecule has 2 saturated carbocycles. The van der Waals surface area contributed by atoms with E-state index in [1.165, 1.54) is 101 Å². The van der Waals surface area contributed by atoms with Crippen molar-refractivity contribution in [3.8, 4) is 17.2 Å². The van der Waals surface area contributed by atoms with Gasteiger partial charge in [0.15, 0.2) is 20.1 Å². The third-order valence-corrected chi connectivity index (χ3v) is 28.6. The van der Waals surface area contributed by atoms with Gasteiger partial charge in [-0.1, -0.05) is 279 Å². The SMILES string of the molecule is CC(C)(C)c1ccc([IH+])cc1.CC(C)(C)c1ccc([SH2+])cc1.CCC(C)(C)C(=O)Oc1c(F)c(F)c(S(=O)(=O)O)c(F)c1F.CCC(C)c1ccc(C(=O)OC2(C)CCCCC2)cc1.CCC(C)c1ccc(Cl)cc1.CCC(C)c1ccc(O)cc1.CCC(C)c1ccc(O)cc1.CCC(C)c1ccc(S(=O)(=O)[O-])cc1.CCC(C)c1ccccc1.CCC1(OC(=O)C(C)(C)CC)CCCC1. The van der Waals surface area contributed by atoms with Crippen molar-refractivity contribution >= 4 is 62.4 Å². The molecule has 6 atom stereocenters. The number of phenolic OH excluding ortho intramolecular Hbond substituents is 2. The molecule has 3 N–H and O–H groups in total. The highest BCUT2D eigenvalue weighted by Crippen LogP contribution is 2.40. The second kappa shape index (κ2) is 59.5. The number of hydrogen-bond acceptors (Lipinski definition) is 13. The topological polar surface area (TPSA) is 231 Å². The molecule has 0 heterocycles. The van der Waals surface area contributed by atoms with Crippen LogP contribution in [0.4, 0.5) is 17.6 Å². The zero-order valence-corrected chi connectivity index (χ0v) is 91.4. The first-order chi connectivity index (χ1) is 63.3. The lowest BCUT2D eigenvalue weighted by atomic mass is 9.86. The van der Waals surface area contributed by atoms with Gasteiger partial charge in [0.1, 0.15) is 37.7 Å². The molecule has 11 rings (SSSR count). The van der Waals surface area contributed by atoms with Crippen LogP contribution in [0.1, 0.15) is 386 Å². The number of esters is 3. The molecular formula is C113H159ClF4IO14S3+. The smallest absolute Gasteiger partial charge is 0.338 e. The van der Waals surface area contributed by atoms with E-state index in [0.717, 1.165) is 92.5 Å². The third kappa shape index (κ3) is 43.7. The van der Waals surface area contributed by atoms with Gasteiger partial charge in [-0.2, -0.15) is 17.2 Å². The number of hydrogen-bond donors (Lipinski definition) is 3. The Balaban J connectivity index is 0.000000517. The van der Waals surface area contributed by atoms with Crippen molar-refractivity contribution < 1.29 is 105 Å². The van der Waals surface area contributed by atoms with Crippen LogP contribution < -0.4 is 27.3 Å². The molecule has 2 aliphatic carbocycles. The quantitative estimate of drug-likeness (QED) is 0.0103. The number of halogens is 6. The van der Waals surface area contributed by atoms with Crippen LogP contribution in [-0.2, 0) is 62.8 Å². The molecule has 23 heteroatoms. The van der Waals surface area contributed by atoms with Crippen LogP contribution in [0.2, 0.25) is 5.02 Å². The predicted molar refractivity (Wildman–Crippen MR) is 550 cm³/mol. The minimum Gasteiger partial charge on any atom is -0.744 e. The molecule has 2 aliphatic rings. The van der Waals surface area contributed by atoms with Crippen molar-refractivity contribution in [3.05, 3.63) is 282 Å². The molecule has 6 unspecified atom stereocenters. The van der Waals surface area contributed by atoms with E-state index < -0.39 is 65.5 Å². The first-order valence-electron chi connectivity index (χ1n) is 48.0. The van der Waals surface area contributed by atoms with Crippen molar-refractivity contribution in [2.75, 3.05) is 0 Å². The number of carbonyl (C=O) groups is 3. The maximum atomic E-state index is 13.7. The summed E-state index contributed by atoms with van der Waals surface area (Å²) in [5.41, 5.74) is 9.83. The maximum absolute atomic E-state index is 13.7. The van der Waals surface area contributed by atoms with Crippen molar-refractivity contribution in [1.82, 2.24) is 0 Å². The van der Waals surface area contributed by atoms with Gasteiger partial charge in [0.2, 0.25) is 17.4 Å². The Hall–Kier alpha value is -8.10. The summed E-state index contributed by atoms with van der Waals surface area (Å²) in [6, 6.07) is 64.8. The Morgan fingerprint density at radius 1 is 0.441 bits per heavy atom. The van der Waals surface area contributed by atoms with E-state index in [1.54, 1.807) is 43.3 Å². The molecule has 0 amide bonds. The largest absolute Gasteiger partial charge is 0.744 e. The molecule has 0 spiro atoms. The molecule has 9 aromatic rings. The Bertz CT molecular complexity index is 5010. The zero-order chi connectivity index (χ0) is 104. The fourth-order valence-electron chi connectivity index (χ4n) is 13.4. The zero-order valence-electron chi connectivity index (χ0n) is 85.7. The summed E-state index contributed by atoms with van der Waals surface area (Å²) in [4.78, 5) is 34.7. The number of phenols is 2. The van der Waals surface area contributed by atoms with Gasteiger partial charge in [-0.15, -0.1) is 0 Å². The van der Waals surface area contributed by atoms with Gasteiger partial charge in [-0.3, -0.25) is 14.1 Å². The number of aromatic hydroxyl groups is 2. The van der Waals surface area contributed by atoms with Crippen molar-refractivity contribution in [3.63, 3.8) is 0 Å². The van der Waals surface area contributed by atoms with E-state index in [2.05, 4.69) is 247 Å². The fraction of sp³-hybridized carbons (Fsp3) is 0.496. The van der Waals surface area contributed by atoms with Gasteiger partial charge >= 0.3 is 28.0 Å². The summed E-state index contributed by atoms with van der Waals surface area (Å²) in [7, 11) is -9.86. The van der Waals surface area contributed by atoms with Gasteiger partial charge in [0.05, 0.1) is 21.3 Å². The summed E-state index contributed by atoms with van der Waals surface area (Å²) in [5.74, 6) is -8.20. The van der Waals surface area contributed by atoms with Gasteiger partial charge in [0.25, 0.3) is 22.6 Å². The molecule has 0 radical (unpaired) electrons. The van der Waals surface area contributed by atoms with E-state index in [-0.39, 0.29) is 50.7 Å². The van der Waals surface area contributed by atoms with Gasteiger partial charge in [-0.25, -0.2) is 22.0 Å². The molecule has 2 fully saturated rings.